The van der Waals surface area contributed by atoms with Crippen molar-refractivity contribution in [1.29, 1.82) is 5.26 Å². The van der Waals surface area contributed by atoms with Gasteiger partial charge in [0.1, 0.15) is 0 Å². The number of benzene rings is 3. The van der Waals surface area contributed by atoms with Crippen LogP contribution in [0.4, 0.5) is 0 Å². The zero-order valence-electron chi connectivity index (χ0n) is 12.3. The van der Waals surface area contributed by atoms with Gasteiger partial charge in [-0.2, -0.15) is 5.26 Å². The zero-order valence-corrected chi connectivity index (χ0v) is 12.3. The molecule has 0 fully saturated rings. The molecule has 3 aromatic rings. The van der Waals surface area contributed by atoms with Gasteiger partial charge in [-0.25, -0.2) is 0 Å². The molecule has 0 saturated carbocycles. The van der Waals surface area contributed by atoms with Crippen molar-refractivity contribution in [3.05, 3.63) is 78.4 Å². The molecule has 0 aliphatic carbocycles. The summed E-state index contributed by atoms with van der Waals surface area (Å²) in [6.45, 7) is 0. The smallest absolute Gasteiger partial charge is 0.423 e. The molecule has 0 aliphatic rings. The van der Waals surface area contributed by atoms with Crippen molar-refractivity contribution in [2.75, 3.05) is 0 Å². The zero-order chi connectivity index (χ0) is 16.2. The molecular formula is C19H14BNO2. The van der Waals surface area contributed by atoms with Gasteiger partial charge in [-0.15, -0.1) is 0 Å². The summed E-state index contributed by atoms with van der Waals surface area (Å²) in [7, 11) is -1.53. The van der Waals surface area contributed by atoms with E-state index < -0.39 is 7.12 Å². The molecule has 0 unspecified atom stereocenters. The van der Waals surface area contributed by atoms with E-state index in [0.29, 0.717) is 11.0 Å². The average molecular weight is 299 g/mol. The van der Waals surface area contributed by atoms with Gasteiger partial charge in [0, 0.05) is 0 Å². The second-order valence-corrected chi connectivity index (χ2v) is 5.23. The second kappa shape index (κ2) is 6.49. The molecule has 110 valence electrons. The Morgan fingerprint density at radius 1 is 0.739 bits per heavy atom. The lowest BCUT2D eigenvalue weighted by molar-refractivity contribution is 0.426. The van der Waals surface area contributed by atoms with Crippen LogP contribution in [0, 0.1) is 11.3 Å². The van der Waals surface area contributed by atoms with Crippen LogP contribution < -0.4 is 5.46 Å². The van der Waals surface area contributed by atoms with Gasteiger partial charge in [0.25, 0.3) is 0 Å². The maximum absolute atomic E-state index is 9.62. The maximum Gasteiger partial charge on any atom is 0.489 e. The third-order valence-electron chi connectivity index (χ3n) is 3.76. The van der Waals surface area contributed by atoms with Crippen LogP contribution in [0.3, 0.4) is 0 Å². The fourth-order valence-corrected chi connectivity index (χ4v) is 2.57. The molecule has 0 spiro atoms. The van der Waals surface area contributed by atoms with Crippen molar-refractivity contribution >= 4 is 12.6 Å². The molecule has 0 heterocycles. The van der Waals surface area contributed by atoms with Crippen LogP contribution in [0.1, 0.15) is 5.56 Å². The molecule has 4 heteroatoms. The third-order valence-corrected chi connectivity index (χ3v) is 3.76. The van der Waals surface area contributed by atoms with Gasteiger partial charge >= 0.3 is 7.12 Å². The summed E-state index contributed by atoms with van der Waals surface area (Å²) in [5.41, 5.74) is 4.71. The van der Waals surface area contributed by atoms with Crippen molar-refractivity contribution < 1.29 is 10.0 Å². The Morgan fingerprint density at radius 2 is 1.39 bits per heavy atom. The normalized spacial score (nSPS) is 10.1. The highest BCUT2D eigenvalue weighted by atomic mass is 16.4. The van der Waals surface area contributed by atoms with Gasteiger partial charge in [-0.3, -0.25) is 0 Å². The predicted molar refractivity (Wildman–Crippen MR) is 91.9 cm³/mol. The van der Waals surface area contributed by atoms with E-state index in [2.05, 4.69) is 6.07 Å². The minimum atomic E-state index is -1.53. The summed E-state index contributed by atoms with van der Waals surface area (Å²) in [6, 6.07) is 24.5. The third kappa shape index (κ3) is 3.16. The molecule has 3 aromatic carbocycles. The fraction of sp³-hybridized carbons (Fsp3) is 0. The highest BCUT2D eigenvalue weighted by Gasteiger charge is 2.17. The monoisotopic (exact) mass is 299 g/mol. The van der Waals surface area contributed by atoms with Gasteiger partial charge in [-0.05, 0) is 45.9 Å². The molecule has 0 amide bonds. The Labute approximate surface area is 135 Å². The Hall–Kier alpha value is -2.87. The summed E-state index contributed by atoms with van der Waals surface area (Å²) >= 11 is 0. The number of hydrogen-bond acceptors (Lipinski definition) is 3. The van der Waals surface area contributed by atoms with Crippen LogP contribution in [0.15, 0.2) is 72.8 Å². The van der Waals surface area contributed by atoms with Crippen LogP contribution in [0.25, 0.3) is 22.3 Å². The van der Waals surface area contributed by atoms with Crippen molar-refractivity contribution in [2.24, 2.45) is 0 Å². The second-order valence-electron chi connectivity index (χ2n) is 5.23. The van der Waals surface area contributed by atoms with Crippen molar-refractivity contribution in [1.82, 2.24) is 0 Å². The molecule has 0 radical (unpaired) electrons. The Morgan fingerprint density at radius 3 is 2.00 bits per heavy atom. The molecule has 0 aromatic heterocycles. The van der Waals surface area contributed by atoms with Gasteiger partial charge in [0.15, 0.2) is 0 Å². The van der Waals surface area contributed by atoms with Gasteiger partial charge in [0.05, 0.1) is 11.6 Å². The quantitative estimate of drug-likeness (QED) is 0.731. The van der Waals surface area contributed by atoms with Crippen LogP contribution in [0.2, 0.25) is 0 Å². The maximum atomic E-state index is 9.62. The minimum absolute atomic E-state index is 0.466. The number of rotatable bonds is 3. The first-order valence-corrected chi connectivity index (χ1v) is 7.25. The minimum Gasteiger partial charge on any atom is -0.423 e. The fourth-order valence-electron chi connectivity index (χ4n) is 2.57. The lowest BCUT2D eigenvalue weighted by Crippen LogP contribution is -2.31. The largest absolute Gasteiger partial charge is 0.489 e. The molecule has 0 atom stereocenters. The summed E-state index contributed by atoms with van der Waals surface area (Å²) in [5, 5.41) is 28.1. The molecule has 0 bridgehead atoms. The molecule has 0 aliphatic heterocycles. The Bertz CT molecular complexity index is 853. The van der Waals surface area contributed by atoms with Gasteiger partial charge in [-0.1, -0.05) is 54.6 Å². The van der Waals surface area contributed by atoms with Gasteiger partial charge in [0.2, 0.25) is 0 Å². The van der Waals surface area contributed by atoms with E-state index in [1.54, 1.807) is 18.2 Å². The predicted octanol–water partition coefficient (Wildman–Crippen LogP) is 2.57. The first kappa shape index (κ1) is 15.0. The average Bonchev–Trinajstić information content (AvgIpc) is 2.62. The van der Waals surface area contributed by atoms with Crippen molar-refractivity contribution in [3.63, 3.8) is 0 Å². The van der Waals surface area contributed by atoms with E-state index in [9.17, 15) is 10.0 Å². The summed E-state index contributed by atoms with van der Waals surface area (Å²) in [4.78, 5) is 0. The van der Waals surface area contributed by atoms with Crippen LogP contribution >= 0.6 is 0 Å². The first-order chi connectivity index (χ1) is 11.2. The van der Waals surface area contributed by atoms with E-state index >= 15 is 0 Å². The number of nitrogens with zero attached hydrogens (tertiary/aromatic N) is 1. The number of nitriles is 1. The van der Waals surface area contributed by atoms with Crippen molar-refractivity contribution in [3.8, 4) is 28.3 Å². The van der Waals surface area contributed by atoms with Crippen LogP contribution in [-0.2, 0) is 0 Å². The van der Waals surface area contributed by atoms with E-state index in [0.717, 1.165) is 22.3 Å². The highest BCUT2D eigenvalue weighted by molar-refractivity contribution is 6.60. The lowest BCUT2D eigenvalue weighted by Gasteiger charge is -2.12. The molecular weight excluding hydrogens is 285 g/mol. The van der Waals surface area contributed by atoms with Crippen LogP contribution in [0.5, 0.6) is 0 Å². The number of hydrogen-bond donors (Lipinski definition) is 2. The van der Waals surface area contributed by atoms with E-state index in [1.165, 1.54) is 0 Å². The molecule has 0 saturated heterocycles. The lowest BCUT2D eigenvalue weighted by atomic mass is 9.74. The highest BCUT2D eigenvalue weighted by Crippen LogP contribution is 2.25. The van der Waals surface area contributed by atoms with Gasteiger partial charge < -0.3 is 10.0 Å². The van der Waals surface area contributed by atoms with E-state index in [4.69, 9.17) is 5.26 Å². The van der Waals surface area contributed by atoms with E-state index in [-0.39, 0.29) is 0 Å². The summed E-state index contributed by atoms with van der Waals surface area (Å²) in [6.07, 6.45) is 0. The Kier molecular flexibility index (Phi) is 4.25. The van der Waals surface area contributed by atoms with Crippen LogP contribution in [-0.4, -0.2) is 17.2 Å². The Balaban J connectivity index is 2.12. The SMILES string of the molecule is N#Cc1ccc(-c2ccc(B(O)O)c(-c3ccccc3)c2)cc1. The van der Waals surface area contributed by atoms with E-state index in [1.807, 2.05) is 54.6 Å². The summed E-state index contributed by atoms with van der Waals surface area (Å²) < 4.78 is 0. The molecule has 23 heavy (non-hydrogen) atoms. The first-order valence-electron chi connectivity index (χ1n) is 7.25. The topological polar surface area (TPSA) is 64.2 Å². The molecule has 3 nitrogen and oxygen atoms in total. The van der Waals surface area contributed by atoms with Crippen molar-refractivity contribution in [2.45, 2.75) is 0 Å². The summed E-state index contributed by atoms with van der Waals surface area (Å²) in [5.74, 6) is 0. The molecule has 2 N–H and O–H groups in total. The standard InChI is InChI=1S/C19H14BNO2/c21-13-14-6-8-15(9-7-14)17-10-11-19(20(22)23)18(12-17)16-4-2-1-3-5-16/h1-12,22-23H. The molecule has 3 rings (SSSR count).